The molecule has 88 valence electrons. The van der Waals surface area contributed by atoms with E-state index in [1.807, 2.05) is 6.92 Å². The van der Waals surface area contributed by atoms with Crippen LogP contribution in [-0.4, -0.2) is 0 Å². The zero-order valence-corrected chi connectivity index (χ0v) is 11.7. The van der Waals surface area contributed by atoms with E-state index in [4.69, 9.17) is 0 Å². The first-order valence-electron chi connectivity index (χ1n) is 6.03. The zero-order chi connectivity index (χ0) is 12.5. The van der Waals surface area contributed by atoms with Gasteiger partial charge in [0.2, 0.25) is 0 Å². The number of rotatable bonds is 1. The Morgan fingerprint density at radius 1 is 0.889 bits per heavy atom. The molecule has 0 amide bonds. The average molecular weight is 297 g/mol. The second-order valence-electron chi connectivity index (χ2n) is 4.42. The predicted octanol–water partition coefficient (Wildman–Crippen LogP) is 5.79. The molecular weight excluding hydrogens is 284 g/mol. The highest BCUT2D eigenvalue weighted by Crippen LogP contribution is 2.29. The quantitative estimate of drug-likeness (QED) is 0.499. The van der Waals surface area contributed by atoms with Crippen molar-refractivity contribution in [3.05, 3.63) is 64.6 Å². The molecule has 3 aromatic carbocycles. The van der Waals surface area contributed by atoms with E-state index in [0.717, 1.165) is 4.47 Å². The minimum Gasteiger partial charge on any atom is -0.0870 e. The highest BCUT2D eigenvalue weighted by molar-refractivity contribution is 9.10. The van der Waals surface area contributed by atoms with Gasteiger partial charge in [-0.05, 0) is 58.3 Å². The van der Waals surface area contributed by atoms with Gasteiger partial charge < -0.3 is 0 Å². The van der Waals surface area contributed by atoms with Gasteiger partial charge in [0.05, 0.1) is 0 Å². The van der Waals surface area contributed by atoms with Crippen molar-refractivity contribution in [3.63, 3.8) is 0 Å². The Labute approximate surface area is 115 Å². The second kappa shape index (κ2) is 4.58. The first kappa shape index (κ1) is 11.5. The first-order valence-corrected chi connectivity index (χ1v) is 6.82. The van der Waals surface area contributed by atoms with Crippen LogP contribution in [0.1, 0.15) is 12.5 Å². The summed E-state index contributed by atoms with van der Waals surface area (Å²) in [6, 6.07) is 17.4. The fourth-order valence-electron chi connectivity index (χ4n) is 2.36. The molecule has 0 aliphatic heterocycles. The molecule has 0 fully saturated rings. The van der Waals surface area contributed by atoms with E-state index < -0.39 is 0 Å². The Bertz CT molecular complexity index is 754. The summed E-state index contributed by atoms with van der Waals surface area (Å²) in [5.41, 5.74) is 1.26. The lowest BCUT2D eigenvalue weighted by atomic mass is 9.99. The van der Waals surface area contributed by atoms with Gasteiger partial charge in [-0.1, -0.05) is 52.3 Å². The molecule has 0 spiro atoms. The first-order chi connectivity index (χ1) is 8.78. The highest BCUT2D eigenvalue weighted by atomic mass is 79.9. The second-order valence-corrected chi connectivity index (χ2v) is 5.33. The van der Waals surface area contributed by atoms with Crippen LogP contribution in [0.15, 0.2) is 59.1 Å². The molecule has 0 saturated heterocycles. The van der Waals surface area contributed by atoms with Crippen molar-refractivity contribution < 1.29 is 0 Å². The van der Waals surface area contributed by atoms with E-state index in [1.54, 1.807) is 0 Å². The summed E-state index contributed by atoms with van der Waals surface area (Å²) < 4.78 is 1.12. The molecular formula is C17H13Br. The smallest absolute Gasteiger partial charge is 0.0187 e. The van der Waals surface area contributed by atoms with Gasteiger partial charge in [-0.15, -0.1) is 0 Å². The molecule has 0 N–H and O–H groups in total. The minimum absolute atomic E-state index is 1.12. The lowest BCUT2D eigenvalue weighted by molar-refractivity contribution is 1.67. The van der Waals surface area contributed by atoms with E-state index >= 15 is 0 Å². The normalized spacial score (nSPS) is 11.7. The Hall–Kier alpha value is -1.60. The lowest BCUT2D eigenvalue weighted by Crippen LogP contribution is -1.81. The Kier molecular flexibility index (Phi) is 2.92. The van der Waals surface area contributed by atoms with Crippen LogP contribution < -0.4 is 0 Å². The number of halogens is 1. The number of fused-ring (bicyclic) bond motifs is 2. The summed E-state index contributed by atoms with van der Waals surface area (Å²) in [4.78, 5) is 0. The monoisotopic (exact) mass is 296 g/mol. The maximum absolute atomic E-state index is 3.58. The predicted molar refractivity (Wildman–Crippen MR) is 83.9 cm³/mol. The van der Waals surface area contributed by atoms with E-state index in [0.29, 0.717) is 0 Å². The summed E-state index contributed by atoms with van der Waals surface area (Å²) in [6.07, 6.45) is 4.23. The third kappa shape index (κ3) is 1.95. The fraction of sp³-hybridized carbons (Fsp3) is 0.0588. The lowest BCUT2D eigenvalue weighted by Gasteiger charge is -2.06. The molecule has 0 atom stereocenters. The van der Waals surface area contributed by atoms with Gasteiger partial charge in [0, 0.05) is 4.47 Å². The summed E-state index contributed by atoms with van der Waals surface area (Å²) in [5, 5.41) is 5.15. The fourth-order valence-corrected chi connectivity index (χ4v) is 2.85. The maximum Gasteiger partial charge on any atom is 0.0187 e. The van der Waals surface area contributed by atoms with Gasteiger partial charge in [0.15, 0.2) is 0 Å². The number of allylic oxidation sites excluding steroid dienone is 1. The van der Waals surface area contributed by atoms with Crippen LogP contribution in [0.5, 0.6) is 0 Å². The summed E-state index contributed by atoms with van der Waals surface area (Å²) in [6.45, 7) is 2.05. The molecule has 0 aliphatic carbocycles. The standard InChI is InChI=1S/C17H13Br/c1-2-5-14-9-16(18)10-15-8-12-6-3-4-7-13(12)11-17(14)15/h2-11H,1H3/b5-2+. The van der Waals surface area contributed by atoms with Crippen molar-refractivity contribution >= 4 is 43.6 Å². The van der Waals surface area contributed by atoms with Gasteiger partial charge in [0.1, 0.15) is 0 Å². The van der Waals surface area contributed by atoms with Crippen LogP contribution in [0, 0.1) is 0 Å². The van der Waals surface area contributed by atoms with Crippen LogP contribution >= 0.6 is 15.9 Å². The Balaban J connectivity index is 2.45. The summed E-state index contributed by atoms with van der Waals surface area (Å²) >= 11 is 3.58. The third-order valence-corrected chi connectivity index (χ3v) is 3.62. The Morgan fingerprint density at radius 3 is 2.33 bits per heavy atom. The molecule has 3 rings (SSSR count). The molecule has 0 nitrogen and oxygen atoms in total. The zero-order valence-electron chi connectivity index (χ0n) is 10.2. The van der Waals surface area contributed by atoms with E-state index in [-0.39, 0.29) is 0 Å². The molecule has 0 saturated carbocycles. The van der Waals surface area contributed by atoms with E-state index in [2.05, 4.69) is 76.6 Å². The Morgan fingerprint density at radius 2 is 1.61 bits per heavy atom. The van der Waals surface area contributed by atoms with Crippen LogP contribution in [0.25, 0.3) is 27.6 Å². The maximum atomic E-state index is 3.58. The molecule has 0 bridgehead atoms. The van der Waals surface area contributed by atoms with Gasteiger partial charge in [-0.2, -0.15) is 0 Å². The largest absolute Gasteiger partial charge is 0.0870 e. The highest BCUT2D eigenvalue weighted by Gasteiger charge is 2.03. The van der Waals surface area contributed by atoms with Crippen molar-refractivity contribution in [1.29, 1.82) is 0 Å². The molecule has 18 heavy (non-hydrogen) atoms. The van der Waals surface area contributed by atoms with Gasteiger partial charge in [-0.3, -0.25) is 0 Å². The summed E-state index contributed by atoms with van der Waals surface area (Å²) in [5.74, 6) is 0. The van der Waals surface area contributed by atoms with E-state index in [9.17, 15) is 0 Å². The van der Waals surface area contributed by atoms with Gasteiger partial charge >= 0.3 is 0 Å². The molecule has 0 heterocycles. The molecule has 0 unspecified atom stereocenters. The third-order valence-electron chi connectivity index (χ3n) is 3.16. The van der Waals surface area contributed by atoms with Crippen molar-refractivity contribution in [2.45, 2.75) is 6.92 Å². The molecule has 0 aromatic heterocycles. The number of benzene rings is 3. The van der Waals surface area contributed by atoms with Crippen LogP contribution in [-0.2, 0) is 0 Å². The molecule has 0 radical (unpaired) electrons. The van der Waals surface area contributed by atoms with Crippen molar-refractivity contribution in [2.24, 2.45) is 0 Å². The number of hydrogen-bond donors (Lipinski definition) is 0. The minimum atomic E-state index is 1.12. The van der Waals surface area contributed by atoms with E-state index in [1.165, 1.54) is 27.1 Å². The molecule has 0 aliphatic rings. The SMILES string of the molecule is C/C=C/c1cc(Br)cc2cc3ccccc3cc12. The van der Waals surface area contributed by atoms with Crippen LogP contribution in [0.2, 0.25) is 0 Å². The average Bonchev–Trinajstić information content (AvgIpc) is 2.37. The summed E-state index contributed by atoms with van der Waals surface area (Å²) in [7, 11) is 0. The van der Waals surface area contributed by atoms with Crippen LogP contribution in [0.4, 0.5) is 0 Å². The van der Waals surface area contributed by atoms with Gasteiger partial charge in [-0.25, -0.2) is 0 Å². The molecule has 3 aromatic rings. The topological polar surface area (TPSA) is 0 Å². The number of hydrogen-bond acceptors (Lipinski definition) is 0. The molecule has 1 heteroatoms. The van der Waals surface area contributed by atoms with Crippen molar-refractivity contribution in [2.75, 3.05) is 0 Å². The van der Waals surface area contributed by atoms with Crippen molar-refractivity contribution in [1.82, 2.24) is 0 Å². The van der Waals surface area contributed by atoms with Crippen molar-refractivity contribution in [3.8, 4) is 0 Å². The van der Waals surface area contributed by atoms with Gasteiger partial charge in [0.25, 0.3) is 0 Å². The van der Waals surface area contributed by atoms with Crippen LogP contribution in [0.3, 0.4) is 0 Å².